The van der Waals surface area contributed by atoms with Gasteiger partial charge in [-0.15, -0.1) is 0 Å². The Balaban J connectivity index is 4.52. The number of hydrogen-bond donors (Lipinski definition) is 1. The van der Waals surface area contributed by atoms with Crippen molar-refractivity contribution in [1.29, 1.82) is 0 Å². The van der Waals surface area contributed by atoms with Crippen molar-refractivity contribution in [3.8, 4) is 0 Å². The van der Waals surface area contributed by atoms with Gasteiger partial charge in [-0.3, -0.25) is 0 Å². The average Bonchev–Trinajstić information content (AvgIpc) is 2.09. The van der Waals surface area contributed by atoms with E-state index in [2.05, 4.69) is 5.32 Å². The van der Waals surface area contributed by atoms with Crippen molar-refractivity contribution in [2.45, 2.75) is 13.1 Å². The molecule has 1 N–H and O–H groups in total. The third-order valence-electron chi connectivity index (χ3n) is 1.71. The van der Waals surface area contributed by atoms with E-state index in [9.17, 15) is 21.6 Å². The van der Waals surface area contributed by atoms with Crippen LogP contribution in [0, 0.1) is 0 Å². The van der Waals surface area contributed by atoms with Crippen LogP contribution in [0.3, 0.4) is 0 Å². The van der Waals surface area contributed by atoms with Gasteiger partial charge in [0.15, 0.2) is 0 Å². The van der Waals surface area contributed by atoms with Crippen LogP contribution in [0.25, 0.3) is 0 Å². The van der Waals surface area contributed by atoms with Crippen LogP contribution < -0.4 is 5.32 Å². The number of hydrogen-bond acceptors (Lipinski definition) is 3. The fourth-order valence-corrected chi connectivity index (χ4v) is 2.42. The molecule has 0 unspecified atom stereocenters. The normalized spacial score (nSPS) is 13.5. The van der Waals surface area contributed by atoms with E-state index in [1.54, 1.807) is 0 Å². The molecular weight excluding hydrogens is 233 g/mol. The molecule has 0 atom stereocenters. The first-order chi connectivity index (χ1) is 6.73. The lowest BCUT2D eigenvalue weighted by atomic mass is 10.6. The van der Waals surface area contributed by atoms with E-state index >= 15 is 0 Å². The van der Waals surface area contributed by atoms with Gasteiger partial charge >= 0.3 is 6.18 Å². The standard InChI is InChI=1S/C7H15F3N2O2S/c1-3-12(6-7(8,9)10)15(13,14)5-4-11-2/h11H,3-6H2,1-2H3. The minimum absolute atomic E-state index is 0.136. The van der Waals surface area contributed by atoms with E-state index in [0.29, 0.717) is 4.31 Å². The molecule has 0 saturated carbocycles. The van der Waals surface area contributed by atoms with Gasteiger partial charge in [-0.25, -0.2) is 8.42 Å². The summed E-state index contributed by atoms with van der Waals surface area (Å²) in [4.78, 5) is 0. The summed E-state index contributed by atoms with van der Waals surface area (Å²) in [7, 11) is -2.28. The van der Waals surface area contributed by atoms with E-state index in [4.69, 9.17) is 0 Å². The maximum atomic E-state index is 12.0. The summed E-state index contributed by atoms with van der Waals surface area (Å²) in [6.07, 6.45) is -4.50. The number of halogens is 3. The van der Waals surface area contributed by atoms with Gasteiger partial charge in [0.1, 0.15) is 6.54 Å². The van der Waals surface area contributed by atoms with Crippen LogP contribution in [0.2, 0.25) is 0 Å². The molecule has 0 aliphatic carbocycles. The third kappa shape index (κ3) is 5.95. The molecule has 0 bridgehead atoms. The maximum absolute atomic E-state index is 12.0. The summed E-state index contributed by atoms with van der Waals surface area (Å²) in [5, 5.41) is 2.58. The lowest BCUT2D eigenvalue weighted by Crippen LogP contribution is -2.41. The molecule has 0 amide bonds. The molecule has 0 aliphatic rings. The zero-order chi connectivity index (χ0) is 12.1. The van der Waals surface area contributed by atoms with Crippen LogP contribution in [-0.4, -0.2) is 51.3 Å². The summed E-state index contributed by atoms with van der Waals surface area (Å²) in [6, 6.07) is 0. The number of alkyl halides is 3. The fraction of sp³-hybridized carbons (Fsp3) is 1.00. The molecule has 0 saturated heterocycles. The van der Waals surface area contributed by atoms with Gasteiger partial charge in [-0.05, 0) is 7.05 Å². The van der Waals surface area contributed by atoms with E-state index in [1.165, 1.54) is 14.0 Å². The minimum Gasteiger partial charge on any atom is -0.319 e. The fourth-order valence-electron chi connectivity index (χ4n) is 0.967. The molecule has 0 aromatic heterocycles. The van der Waals surface area contributed by atoms with Crippen molar-refractivity contribution >= 4 is 10.0 Å². The number of rotatable bonds is 6. The molecule has 92 valence electrons. The lowest BCUT2D eigenvalue weighted by molar-refractivity contribution is -0.135. The van der Waals surface area contributed by atoms with Gasteiger partial charge < -0.3 is 5.32 Å². The Labute approximate surface area is 87.5 Å². The van der Waals surface area contributed by atoms with Gasteiger partial charge in [0.25, 0.3) is 0 Å². The highest BCUT2D eigenvalue weighted by Gasteiger charge is 2.34. The van der Waals surface area contributed by atoms with Crippen molar-refractivity contribution < 1.29 is 21.6 Å². The Bertz CT molecular complexity index is 276. The highest BCUT2D eigenvalue weighted by atomic mass is 32.2. The summed E-state index contributed by atoms with van der Waals surface area (Å²) in [5.41, 5.74) is 0. The smallest absolute Gasteiger partial charge is 0.319 e. The molecule has 0 aromatic rings. The largest absolute Gasteiger partial charge is 0.402 e. The predicted octanol–water partition coefficient (Wildman–Crippen LogP) is 0.420. The lowest BCUT2D eigenvalue weighted by Gasteiger charge is -2.21. The van der Waals surface area contributed by atoms with Crippen molar-refractivity contribution in [2.75, 3.05) is 32.4 Å². The SMILES string of the molecule is CCN(CC(F)(F)F)S(=O)(=O)CCNC. The highest BCUT2D eigenvalue weighted by molar-refractivity contribution is 7.89. The highest BCUT2D eigenvalue weighted by Crippen LogP contribution is 2.18. The molecule has 0 rings (SSSR count). The molecule has 0 heterocycles. The Morgan fingerprint density at radius 2 is 1.87 bits per heavy atom. The second-order valence-corrected chi connectivity index (χ2v) is 5.05. The van der Waals surface area contributed by atoms with Gasteiger partial charge in [0.2, 0.25) is 10.0 Å². The Hall–Kier alpha value is -0.340. The van der Waals surface area contributed by atoms with Crippen LogP contribution in [0.15, 0.2) is 0 Å². The maximum Gasteiger partial charge on any atom is 0.402 e. The van der Waals surface area contributed by atoms with Crippen LogP contribution in [0.5, 0.6) is 0 Å². The van der Waals surface area contributed by atoms with Gasteiger partial charge in [0, 0.05) is 13.1 Å². The molecule has 0 aromatic carbocycles. The monoisotopic (exact) mass is 248 g/mol. The van der Waals surface area contributed by atoms with Crippen molar-refractivity contribution in [1.82, 2.24) is 9.62 Å². The molecule has 0 fully saturated rings. The predicted molar refractivity (Wildman–Crippen MR) is 51.0 cm³/mol. The Kier molecular flexibility index (Phi) is 5.54. The summed E-state index contributed by atoms with van der Waals surface area (Å²) in [5.74, 6) is -0.326. The van der Waals surface area contributed by atoms with Crippen LogP contribution in [-0.2, 0) is 10.0 Å². The van der Waals surface area contributed by atoms with Crippen molar-refractivity contribution in [3.05, 3.63) is 0 Å². The molecule has 8 heteroatoms. The van der Waals surface area contributed by atoms with Gasteiger partial charge in [-0.2, -0.15) is 17.5 Å². The number of nitrogens with zero attached hydrogens (tertiary/aromatic N) is 1. The number of nitrogens with one attached hydrogen (secondary N) is 1. The van der Waals surface area contributed by atoms with E-state index in [1.807, 2.05) is 0 Å². The van der Waals surface area contributed by atoms with E-state index < -0.39 is 22.7 Å². The first kappa shape index (κ1) is 14.7. The topological polar surface area (TPSA) is 49.4 Å². The average molecular weight is 248 g/mol. The zero-order valence-corrected chi connectivity index (χ0v) is 9.45. The zero-order valence-electron chi connectivity index (χ0n) is 8.63. The first-order valence-electron chi connectivity index (χ1n) is 4.42. The van der Waals surface area contributed by atoms with Crippen molar-refractivity contribution in [2.24, 2.45) is 0 Å². The Morgan fingerprint density at radius 1 is 1.33 bits per heavy atom. The van der Waals surface area contributed by atoms with Gasteiger partial charge in [-0.1, -0.05) is 6.92 Å². The number of sulfonamides is 1. The van der Waals surface area contributed by atoms with E-state index in [-0.39, 0.29) is 18.8 Å². The summed E-state index contributed by atoms with van der Waals surface area (Å²) in [6.45, 7) is -0.0829. The summed E-state index contributed by atoms with van der Waals surface area (Å²) >= 11 is 0. The molecular formula is C7H15F3N2O2S. The van der Waals surface area contributed by atoms with Crippen LogP contribution in [0.4, 0.5) is 13.2 Å². The Morgan fingerprint density at radius 3 is 2.20 bits per heavy atom. The quantitative estimate of drug-likeness (QED) is 0.741. The molecule has 15 heavy (non-hydrogen) atoms. The molecule has 0 aliphatic heterocycles. The van der Waals surface area contributed by atoms with Crippen LogP contribution >= 0.6 is 0 Å². The van der Waals surface area contributed by atoms with E-state index in [0.717, 1.165) is 0 Å². The minimum atomic E-state index is -4.50. The first-order valence-corrected chi connectivity index (χ1v) is 6.03. The molecule has 0 radical (unpaired) electrons. The van der Waals surface area contributed by atoms with Crippen molar-refractivity contribution in [3.63, 3.8) is 0 Å². The van der Waals surface area contributed by atoms with Crippen LogP contribution in [0.1, 0.15) is 6.92 Å². The third-order valence-corrected chi connectivity index (χ3v) is 3.61. The second-order valence-electron chi connectivity index (χ2n) is 2.96. The van der Waals surface area contributed by atoms with Gasteiger partial charge in [0.05, 0.1) is 5.75 Å². The molecule has 4 nitrogen and oxygen atoms in total. The molecule has 0 spiro atoms. The second kappa shape index (κ2) is 5.66. The summed E-state index contributed by atoms with van der Waals surface area (Å²) < 4.78 is 59.3.